The highest BCUT2D eigenvalue weighted by Crippen LogP contribution is 2.37. The maximum absolute atomic E-state index is 12.0. The molecule has 2 fully saturated rings. The first-order chi connectivity index (χ1) is 18.3. The van der Waals surface area contributed by atoms with Gasteiger partial charge in [-0.25, -0.2) is 4.79 Å². The molecule has 0 saturated carbocycles. The SMILES string of the molecule is COC(=O)C=Cc1ccc(OC2OC3COC(c4ccc(OC)cc4)OC3C(O)C2NC(C)=O)c(OC)c1. The summed E-state index contributed by atoms with van der Waals surface area (Å²) in [5.41, 5.74) is 1.42. The summed E-state index contributed by atoms with van der Waals surface area (Å²) in [7, 11) is 4.34. The second-order valence-corrected chi connectivity index (χ2v) is 8.68. The number of nitrogens with one attached hydrogen (secondary N) is 1. The van der Waals surface area contributed by atoms with Gasteiger partial charge >= 0.3 is 5.97 Å². The molecule has 2 saturated heterocycles. The van der Waals surface area contributed by atoms with Crippen LogP contribution in [0.2, 0.25) is 0 Å². The Hall–Kier alpha value is -3.64. The standard InChI is InChI=1S/C27H31NO10/c1-15(29)28-23-24(31)25-21(14-35-26(38-25)17-7-9-18(32-2)10-8-17)37-27(23)36-19-11-5-16(13-20(19)33-3)6-12-22(30)34-4/h5-13,21,23-27,31H,14H2,1-4H3,(H,28,29). The minimum atomic E-state index is -1.17. The summed E-state index contributed by atoms with van der Waals surface area (Å²) in [5.74, 6) is 0.487. The van der Waals surface area contributed by atoms with Gasteiger partial charge in [-0.2, -0.15) is 0 Å². The molecule has 6 atom stereocenters. The number of amides is 1. The van der Waals surface area contributed by atoms with Crippen LogP contribution < -0.4 is 19.5 Å². The smallest absolute Gasteiger partial charge is 0.330 e. The molecule has 2 N–H and O–H groups in total. The number of carbonyl (C=O) groups excluding carboxylic acids is 2. The summed E-state index contributed by atoms with van der Waals surface area (Å²) in [6.45, 7) is 1.46. The third kappa shape index (κ3) is 6.25. The van der Waals surface area contributed by atoms with Crippen LogP contribution in [0.5, 0.6) is 17.2 Å². The molecule has 0 spiro atoms. The van der Waals surface area contributed by atoms with Crippen molar-refractivity contribution in [3.05, 3.63) is 59.7 Å². The van der Waals surface area contributed by atoms with Crippen LogP contribution in [0.25, 0.3) is 6.08 Å². The molecular formula is C27H31NO10. The van der Waals surface area contributed by atoms with E-state index in [0.29, 0.717) is 22.8 Å². The highest BCUT2D eigenvalue weighted by Gasteiger charge is 2.51. The van der Waals surface area contributed by atoms with E-state index in [1.165, 1.54) is 27.2 Å². The number of benzene rings is 2. The van der Waals surface area contributed by atoms with E-state index in [9.17, 15) is 14.7 Å². The van der Waals surface area contributed by atoms with Crippen molar-refractivity contribution in [3.63, 3.8) is 0 Å². The lowest BCUT2D eigenvalue weighted by Crippen LogP contribution is -2.67. The molecule has 0 aromatic heterocycles. The highest BCUT2D eigenvalue weighted by atomic mass is 16.7. The van der Waals surface area contributed by atoms with Gasteiger partial charge < -0.3 is 43.6 Å². The Morgan fingerprint density at radius 2 is 1.79 bits per heavy atom. The first-order valence-electron chi connectivity index (χ1n) is 11.9. The molecule has 1 amide bonds. The number of aliphatic hydroxyl groups excluding tert-OH is 1. The molecule has 0 radical (unpaired) electrons. The first-order valence-corrected chi connectivity index (χ1v) is 11.9. The molecular weight excluding hydrogens is 498 g/mol. The molecule has 2 aliphatic heterocycles. The summed E-state index contributed by atoms with van der Waals surface area (Å²) < 4.78 is 39.4. The van der Waals surface area contributed by atoms with Gasteiger partial charge in [-0.3, -0.25) is 4.79 Å². The Morgan fingerprint density at radius 1 is 1.03 bits per heavy atom. The van der Waals surface area contributed by atoms with Crippen LogP contribution in [-0.2, 0) is 28.5 Å². The van der Waals surface area contributed by atoms with Crippen LogP contribution in [0.4, 0.5) is 0 Å². The van der Waals surface area contributed by atoms with E-state index < -0.39 is 42.9 Å². The van der Waals surface area contributed by atoms with Gasteiger partial charge in [-0.1, -0.05) is 18.2 Å². The van der Waals surface area contributed by atoms with Crippen molar-refractivity contribution in [1.29, 1.82) is 0 Å². The lowest BCUT2D eigenvalue weighted by Gasteiger charge is -2.47. The molecule has 2 aromatic rings. The molecule has 0 bridgehead atoms. The number of carbonyl (C=O) groups is 2. The van der Waals surface area contributed by atoms with Crippen LogP contribution in [0.15, 0.2) is 48.5 Å². The van der Waals surface area contributed by atoms with Crippen LogP contribution in [0, 0.1) is 0 Å². The Morgan fingerprint density at radius 3 is 2.45 bits per heavy atom. The fraction of sp³-hybridized carbons (Fsp3) is 0.407. The predicted octanol–water partition coefficient (Wildman–Crippen LogP) is 1.97. The van der Waals surface area contributed by atoms with E-state index >= 15 is 0 Å². The maximum Gasteiger partial charge on any atom is 0.330 e. The quantitative estimate of drug-likeness (QED) is 0.387. The van der Waals surface area contributed by atoms with Crippen molar-refractivity contribution in [1.82, 2.24) is 5.32 Å². The topological polar surface area (TPSA) is 131 Å². The number of esters is 1. The summed E-state index contributed by atoms with van der Waals surface area (Å²) in [6.07, 6.45) is -1.58. The van der Waals surface area contributed by atoms with Crippen molar-refractivity contribution in [2.45, 2.75) is 43.9 Å². The summed E-state index contributed by atoms with van der Waals surface area (Å²) in [5, 5.41) is 14.0. The Bertz CT molecular complexity index is 1150. The minimum absolute atomic E-state index is 0.124. The second kappa shape index (κ2) is 12.3. The van der Waals surface area contributed by atoms with Crippen LogP contribution in [0.3, 0.4) is 0 Å². The second-order valence-electron chi connectivity index (χ2n) is 8.68. The van der Waals surface area contributed by atoms with Gasteiger partial charge in [0.15, 0.2) is 17.8 Å². The van der Waals surface area contributed by atoms with Gasteiger partial charge in [-0.05, 0) is 35.9 Å². The Kier molecular flexibility index (Phi) is 8.85. The zero-order valence-electron chi connectivity index (χ0n) is 21.5. The Balaban J connectivity index is 1.52. The largest absolute Gasteiger partial charge is 0.497 e. The zero-order valence-corrected chi connectivity index (χ0v) is 21.5. The number of ether oxygens (including phenoxy) is 7. The van der Waals surface area contributed by atoms with E-state index in [1.807, 2.05) is 12.1 Å². The van der Waals surface area contributed by atoms with Crippen LogP contribution >= 0.6 is 0 Å². The van der Waals surface area contributed by atoms with Gasteiger partial charge in [-0.15, -0.1) is 0 Å². The van der Waals surface area contributed by atoms with E-state index in [0.717, 1.165) is 5.56 Å². The average Bonchev–Trinajstić information content (AvgIpc) is 2.94. The first kappa shape index (κ1) is 27.4. The fourth-order valence-electron chi connectivity index (χ4n) is 4.25. The van der Waals surface area contributed by atoms with Crippen molar-refractivity contribution in [2.75, 3.05) is 27.9 Å². The fourth-order valence-corrected chi connectivity index (χ4v) is 4.25. The lowest BCUT2D eigenvalue weighted by molar-refractivity contribution is -0.333. The molecule has 0 aliphatic carbocycles. The molecule has 2 heterocycles. The highest BCUT2D eigenvalue weighted by molar-refractivity contribution is 5.87. The van der Waals surface area contributed by atoms with Gasteiger partial charge in [0.1, 0.15) is 30.1 Å². The van der Waals surface area contributed by atoms with Crippen molar-refractivity contribution in [2.24, 2.45) is 0 Å². The Labute approximate surface area is 220 Å². The van der Waals surface area contributed by atoms with Crippen molar-refractivity contribution < 1.29 is 47.9 Å². The number of rotatable bonds is 8. The van der Waals surface area contributed by atoms with Gasteiger partial charge in [0.05, 0.1) is 27.9 Å². The van der Waals surface area contributed by atoms with Gasteiger partial charge in [0, 0.05) is 18.6 Å². The molecule has 11 nitrogen and oxygen atoms in total. The van der Waals surface area contributed by atoms with Crippen LogP contribution in [0.1, 0.15) is 24.3 Å². The molecule has 38 heavy (non-hydrogen) atoms. The molecule has 204 valence electrons. The third-order valence-corrected chi connectivity index (χ3v) is 6.17. The predicted molar refractivity (Wildman–Crippen MR) is 134 cm³/mol. The summed E-state index contributed by atoms with van der Waals surface area (Å²) in [6, 6.07) is 11.3. The maximum atomic E-state index is 12.0. The van der Waals surface area contributed by atoms with Gasteiger partial charge in [0.2, 0.25) is 12.2 Å². The minimum Gasteiger partial charge on any atom is -0.497 e. The molecule has 2 aromatic carbocycles. The van der Waals surface area contributed by atoms with E-state index in [-0.39, 0.29) is 12.5 Å². The monoisotopic (exact) mass is 529 g/mol. The number of aliphatic hydroxyl groups is 1. The van der Waals surface area contributed by atoms with E-state index in [4.69, 9.17) is 28.4 Å². The molecule has 4 rings (SSSR count). The number of hydrogen-bond donors (Lipinski definition) is 2. The summed E-state index contributed by atoms with van der Waals surface area (Å²) >= 11 is 0. The van der Waals surface area contributed by atoms with Crippen LogP contribution in [-0.4, -0.2) is 75.6 Å². The van der Waals surface area contributed by atoms with E-state index in [2.05, 4.69) is 10.1 Å². The van der Waals surface area contributed by atoms with Crippen molar-refractivity contribution >= 4 is 18.0 Å². The third-order valence-electron chi connectivity index (χ3n) is 6.17. The average molecular weight is 530 g/mol. The van der Waals surface area contributed by atoms with E-state index in [1.54, 1.807) is 43.5 Å². The van der Waals surface area contributed by atoms with Gasteiger partial charge in [0.25, 0.3) is 0 Å². The number of methoxy groups -OCH3 is 3. The number of hydrogen-bond acceptors (Lipinski definition) is 10. The van der Waals surface area contributed by atoms with Crippen molar-refractivity contribution in [3.8, 4) is 17.2 Å². The molecule has 2 aliphatic rings. The molecule has 11 heteroatoms. The number of fused-ring (bicyclic) bond motifs is 1. The molecule has 6 unspecified atom stereocenters. The summed E-state index contributed by atoms with van der Waals surface area (Å²) in [4.78, 5) is 23.4. The lowest BCUT2D eigenvalue weighted by atomic mass is 9.95. The normalized spacial score (nSPS) is 26.8. The zero-order chi connectivity index (χ0) is 27.2.